The average molecular weight is 355 g/mol. The van der Waals surface area contributed by atoms with Crippen LogP contribution in [0.3, 0.4) is 0 Å². The minimum absolute atomic E-state index is 0.531. The summed E-state index contributed by atoms with van der Waals surface area (Å²) in [5, 5.41) is 0. The first-order valence-corrected chi connectivity index (χ1v) is 11.4. The van der Waals surface area contributed by atoms with E-state index in [-0.39, 0.29) is 0 Å². The Bertz CT molecular complexity index is 573. The van der Waals surface area contributed by atoms with Crippen LogP contribution in [-0.2, 0) is 0 Å². The molecule has 26 heavy (non-hydrogen) atoms. The van der Waals surface area contributed by atoms with Crippen LogP contribution in [0.5, 0.6) is 0 Å². The summed E-state index contributed by atoms with van der Waals surface area (Å²) in [5.74, 6) is 2.56. The van der Waals surface area contributed by atoms with Gasteiger partial charge in [-0.25, -0.2) is 0 Å². The van der Waals surface area contributed by atoms with E-state index in [0.717, 1.165) is 17.8 Å². The molecule has 0 N–H and O–H groups in total. The van der Waals surface area contributed by atoms with Crippen molar-refractivity contribution < 1.29 is 0 Å². The quantitative estimate of drug-likeness (QED) is 0.436. The van der Waals surface area contributed by atoms with E-state index in [4.69, 9.17) is 0 Å². The molecule has 0 aliphatic heterocycles. The van der Waals surface area contributed by atoms with Crippen molar-refractivity contribution in [3.05, 3.63) is 35.5 Å². The predicted octanol–water partition coefficient (Wildman–Crippen LogP) is 8.26. The summed E-state index contributed by atoms with van der Waals surface area (Å²) >= 11 is 0. The van der Waals surface area contributed by atoms with Crippen LogP contribution in [0.2, 0.25) is 0 Å². The minimum atomic E-state index is 0.531. The van der Waals surface area contributed by atoms with Crippen molar-refractivity contribution in [2.45, 2.75) is 98.8 Å². The van der Waals surface area contributed by atoms with Crippen LogP contribution >= 0.6 is 0 Å². The van der Waals surface area contributed by atoms with Gasteiger partial charge in [-0.2, -0.15) is 0 Å². The van der Waals surface area contributed by atoms with Crippen molar-refractivity contribution in [2.24, 2.45) is 28.6 Å². The van der Waals surface area contributed by atoms with Crippen LogP contribution in [-0.4, -0.2) is 0 Å². The molecule has 0 bridgehead atoms. The summed E-state index contributed by atoms with van der Waals surface area (Å²) < 4.78 is 0. The molecule has 3 fully saturated rings. The lowest BCUT2D eigenvalue weighted by molar-refractivity contribution is 0.137. The van der Waals surface area contributed by atoms with Crippen LogP contribution in [0.25, 0.3) is 0 Å². The lowest BCUT2D eigenvalue weighted by atomic mass is 9.63. The standard InChI is InChI=1S/C26H42/c1-6-20(2)14-15-21-10-8-19-26(5)23(16-17-24(21)26)12-7-11-22-13-9-18-25(22,3)4/h7,11,14-15,22-24H,6,8-10,12-13,16-19H2,1-5H3/b11-7+,20-14-,21-15+. The summed E-state index contributed by atoms with van der Waals surface area (Å²) in [6.07, 6.45) is 23.8. The Kier molecular flexibility index (Phi) is 6.20. The zero-order valence-electron chi connectivity index (χ0n) is 18.1. The Morgan fingerprint density at radius 2 is 1.88 bits per heavy atom. The second-order valence-corrected chi connectivity index (χ2v) is 10.4. The third-order valence-corrected chi connectivity index (χ3v) is 8.43. The fourth-order valence-electron chi connectivity index (χ4n) is 6.22. The normalized spacial score (nSPS) is 39.0. The molecular formula is C26H42. The van der Waals surface area contributed by atoms with Gasteiger partial charge in [-0.1, -0.05) is 69.6 Å². The van der Waals surface area contributed by atoms with Crippen molar-refractivity contribution >= 4 is 0 Å². The zero-order valence-corrected chi connectivity index (χ0v) is 18.1. The van der Waals surface area contributed by atoms with Crippen molar-refractivity contribution in [2.75, 3.05) is 0 Å². The molecule has 3 saturated carbocycles. The fraction of sp³-hybridized carbons (Fsp3) is 0.769. The van der Waals surface area contributed by atoms with Gasteiger partial charge in [0.1, 0.15) is 0 Å². The molecule has 0 spiro atoms. The largest absolute Gasteiger partial charge is 0.0879 e. The van der Waals surface area contributed by atoms with Gasteiger partial charge in [0.05, 0.1) is 0 Å². The maximum Gasteiger partial charge on any atom is -0.0143 e. The summed E-state index contributed by atoms with van der Waals surface area (Å²) in [5.41, 5.74) is 4.35. The molecule has 0 saturated heterocycles. The lowest BCUT2D eigenvalue weighted by Crippen LogP contribution is -2.33. The molecule has 146 valence electrons. The minimum Gasteiger partial charge on any atom is -0.0879 e. The third kappa shape index (κ3) is 4.05. The van der Waals surface area contributed by atoms with Gasteiger partial charge in [0.25, 0.3) is 0 Å². The molecule has 0 nitrogen and oxygen atoms in total. The van der Waals surface area contributed by atoms with Crippen molar-refractivity contribution in [1.29, 1.82) is 0 Å². The maximum atomic E-state index is 2.62. The van der Waals surface area contributed by atoms with E-state index in [0.29, 0.717) is 10.8 Å². The van der Waals surface area contributed by atoms with Crippen LogP contribution in [0.15, 0.2) is 35.5 Å². The van der Waals surface area contributed by atoms with E-state index in [1.54, 1.807) is 5.57 Å². The van der Waals surface area contributed by atoms with E-state index in [9.17, 15) is 0 Å². The highest BCUT2D eigenvalue weighted by atomic mass is 14.5. The number of fused-ring (bicyclic) bond motifs is 1. The van der Waals surface area contributed by atoms with E-state index in [1.807, 2.05) is 0 Å². The molecule has 3 aliphatic rings. The second-order valence-electron chi connectivity index (χ2n) is 10.4. The van der Waals surface area contributed by atoms with Gasteiger partial charge >= 0.3 is 0 Å². The first-order chi connectivity index (χ1) is 12.4. The van der Waals surface area contributed by atoms with Gasteiger partial charge in [0, 0.05) is 0 Å². The lowest BCUT2D eigenvalue weighted by Gasteiger charge is -2.42. The van der Waals surface area contributed by atoms with E-state index < -0.39 is 0 Å². The van der Waals surface area contributed by atoms with E-state index >= 15 is 0 Å². The third-order valence-electron chi connectivity index (χ3n) is 8.43. The molecule has 0 heterocycles. The van der Waals surface area contributed by atoms with Crippen LogP contribution in [0.4, 0.5) is 0 Å². The Morgan fingerprint density at radius 1 is 1.08 bits per heavy atom. The Hall–Kier alpha value is -0.780. The Labute approximate surface area is 163 Å². The summed E-state index contributed by atoms with van der Waals surface area (Å²) in [7, 11) is 0. The van der Waals surface area contributed by atoms with Crippen molar-refractivity contribution in [3.63, 3.8) is 0 Å². The first-order valence-electron chi connectivity index (χ1n) is 11.4. The molecule has 3 rings (SSSR count). The van der Waals surface area contributed by atoms with Crippen LogP contribution in [0, 0.1) is 28.6 Å². The molecule has 4 unspecified atom stereocenters. The van der Waals surface area contributed by atoms with Gasteiger partial charge in [-0.3, -0.25) is 0 Å². The van der Waals surface area contributed by atoms with Gasteiger partial charge in [-0.05, 0) is 93.3 Å². The molecule has 0 heteroatoms. The maximum absolute atomic E-state index is 2.62. The van der Waals surface area contributed by atoms with Crippen LogP contribution in [0.1, 0.15) is 98.8 Å². The topological polar surface area (TPSA) is 0 Å². The molecule has 4 atom stereocenters. The van der Waals surface area contributed by atoms with Gasteiger partial charge in [-0.15, -0.1) is 0 Å². The number of hydrogen-bond acceptors (Lipinski definition) is 0. The highest BCUT2D eigenvalue weighted by Gasteiger charge is 2.48. The molecule has 0 aromatic carbocycles. The molecule has 0 aromatic rings. The summed E-state index contributed by atoms with van der Waals surface area (Å²) in [4.78, 5) is 0. The summed E-state index contributed by atoms with van der Waals surface area (Å²) in [6.45, 7) is 12.1. The number of allylic oxidation sites excluding steroid dienone is 6. The SMILES string of the molecule is CC/C(C)=C\C=C1/CCCC2(C)C(C/C=C/C3CCCC3(C)C)CCC12. The van der Waals surface area contributed by atoms with Gasteiger partial charge in [0.2, 0.25) is 0 Å². The Morgan fingerprint density at radius 3 is 2.58 bits per heavy atom. The molecule has 0 radical (unpaired) electrons. The van der Waals surface area contributed by atoms with Crippen molar-refractivity contribution in [1.82, 2.24) is 0 Å². The smallest absolute Gasteiger partial charge is 0.0143 e. The highest BCUT2D eigenvalue weighted by Crippen LogP contribution is 2.58. The van der Waals surface area contributed by atoms with E-state index in [2.05, 4.69) is 58.9 Å². The average Bonchev–Trinajstić information content (AvgIpc) is 3.12. The van der Waals surface area contributed by atoms with Gasteiger partial charge in [0.15, 0.2) is 0 Å². The molecular weight excluding hydrogens is 312 g/mol. The molecule has 0 aromatic heterocycles. The Balaban J connectivity index is 1.66. The number of rotatable bonds is 5. The second kappa shape index (κ2) is 8.07. The number of hydrogen-bond donors (Lipinski definition) is 0. The predicted molar refractivity (Wildman–Crippen MR) is 115 cm³/mol. The van der Waals surface area contributed by atoms with E-state index in [1.165, 1.54) is 69.8 Å². The summed E-state index contributed by atoms with van der Waals surface area (Å²) in [6, 6.07) is 0. The molecule has 0 amide bonds. The van der Waals surface area contributed by atoms with Gasteiger partial charge < -0.3 is 0 Å². The van der Waals surface area contributed by atoms with Crippen LogP contribution < -0.4 is 0 Å². The highest BCUT2D eigenvalue weighted by molar-refractivity contribution is 5.24. The van der Waals surface area contributed by atoms with Crippen molar-refractivity contribution in [3.8, 4) is 0 Å². The monoisotopic (exact) mass is 354 g/mol. The zero-order chi connectivity index (χ0) is 18.8. The fourth-order valence-corrected chi connectivity index (χ4v) is 6.22. The first kappa shape index (κ1) is 20.0. The molecule has 3 aliphatic carbocycles.